The fourth-order valence-corrected chi connectivity index (χ4v) is 2.89. The van der Waals surface area contributed by atoms with E-state index < -0.39 is 0 Å². The van der Waals surface area contributed by atoms with E-state index in [0.717, 1.165) is 26.1 Å². The average molecular weight is 270 g/mol. The van der Waals surface area contributed by atoms with Crippen molar-refractivity contribution in [1.82, 2.24) is 5.32 Å². The van der Waals surface area contributed by atoms with E-state index in [9.17, 15) is 0 Å². The third kappa shape index (κ3) is 3.98. The third-order valence-corrected chi connectivity index (χ3v) is 3.78. The minimum Gasteiger partial charge on any atom is -0.384 e. The Morgan fingerprint density at radius 1 is 1.28 bits per heavy atom. The highest BCUT2D eigenvalue weighted by Crippen LogP contribution is 2.33. The van der Waals surface area contributed by atoms with Gasteiger partial charge in [0.25, 0.3) is 0 Å². The number of benzene rings is 1. The van der Waals surface area contributed by atoms with E-state index in [2.05, 4.69) is 36.5 Å². The number of methoxy groups -OCH3 is 1. The van der Waals surface area contributed by atoms with Crippen molar-refractivity contribution in [3.8, 4) is 0 Å². The summed E-state index contributed by atoms with van der Waals surface area (Å²) in [6.07, 6.45) is 3.58. The number of nitrogens with one attached hydrogen (secondary N) is 1. The van der Waals surface area contributed by atoms with Crippen molar-refractivity contribution in [3.05, 3.63) is 35.4 Å². The van der Waals surface area contributed by atoms with Crippen LogP contribution < -0.4 is 5.32 Å². The van der Waals surface area contributed by atoms with Crippen LogP contribution in [0.5, 0.6) is 0 Å². The smallest absolute Gasteiger partial charge is 0.0522 e. The fourth-order valence-electron chi connectivity index (χ4n) is 2.89. The zero-order valence-electron chi connectivity index (χ0n) is 11.4. The van der Waals surface area contributed by atoms with Gasteiger partial charge in [0.05, 0.1) is 6.61 Å². The molecule has 18 heavy (non-hydrogen) atoms. The molecule has 102 valence electrons. The Balaban J connectivity index is 0.00000162. The van der Waals surface area contributed by atoms with Crippen LogP contribution in [0.1, 0.15) is 24.0 Å². The molecule has 1 aromatic rings. The van der Waals surface area contributed by atoms with Gasteiger partial charge in [0, 0.05) is 12.5 Å². The van der Waals surface area contributed by atoms with Crippen LogP contribution in [0, 0.1) is 12.3 Å². The molecule has 0 radical (unpaired) electrons. The van der Waals surface area contributed by atoms with Crippen LogP contribution in [0.3, 0.4) is 0 Å². The van der Waals surface area contributed by atoms with E-state index in [-0.39, 0.29) is 12.4 Å². The van der Waals surface area contributed by atoms with E-state index in [1.807, 2.05) is 7.11 Å². The standard InChI is InChI=1S/C15H23NO.ClH/c1-13-4-3-5-14(10-13)11-15(12-17-2)6-8-16-9-7-15;/h3-5,10,16H,6-9,11-12H2,1-2H3;1H. The highest BCUT2D eigenvalue weighted by Gasteiger charge is 2.32. The third-order valence-electron chi connectivity index (χ3n) is 3.78. The molecule has 1 aliphatic rings. The zero-order chi connectivity index (χ0) is 12.1. The summed E-state index contributed by atoms with van der Waals surface area (Å²) in [5.74, 6) is 0. The number of halogens is 1. The van der Waals surface area contributed by atoms with Crippen LogP contribution >= 0.6 is 12.4 Å². The summed E-state index contributed by atoms with van der Waals surface area (Å²) in [4.78, 5) is 0. The molecule has 0 spiro atoms. The summed E-state index contributed by atoms with van der Waals surface area (Å²) < 4.78 is 5.46. The molecule has 2 nitrogen and oxygen atoms in total. The van der Waals surface area contributed by atoms with Crippen LogP contribution in [0.4, 0.5) is 0 Å². The first-order valence-electron chi connectivity index (χ1n) is 6.49. The highest BCUT2D eigenvalue weighted by atomic mass is 35.5. The molecular formula is C15H24ClNO. The van der Waals surface area contributed by atoms with Crippen LogP contribution in [-0.2, 0) is 11.2 Å². The Labute approximate surface area is 117 Å². The van der Waals surface area contributed by atoms with Crippen molar-refractivity contribution in [2.75, 3.05) is 26.8 Å². The molecule has 1 heterocycles. The predicted molar refractivity (Wildman–Crippen MR) is 78.5 cm³/mol. The number of hydrogen-bond donors (Lipinski definition) is 1. The summed E-state index contributed by atoms with van der Waals surface area (Å²) in [6, 6.07) is 8.87. The Morgan fingerprint density at radius 3 is 2.61 bits per heavy atom. The van der Waals surface area contributed by atoms with Crippen molar-refractivity contribution in [3.63, 3.8) is 0 Å². The van der Waals surface area contributed by atoms with E-state index in [1.165, 1.54) is 24.0 Å². The summed E-state index contributed by atoms with van der Waals surface area (Å²) in [6.45, 7) is 5.28. The van der Waals surface area contributed by atoms with Gasteiger partial charge >= 0.3 is 0 Å². The van der Waals surface area contributed by atoms with E-state index >= 15 is 0 Å². The van der Waals surface area contributed by atoms with Crippen molar-refractivity contribution in [2.24, 2.45) is 5.41 Å². The largest absolute Gasteiger partial charge is 0.384 e. The molecule has 1 aliphatic heterocycles. The van der Waals surface area contributed by atoms with Crippen molar-refractivity contribution in [2.45, 2.75) is 26.2 Å². The van der Waals surface area contributed by atoms with Gasteiger partial charge in [-0.05, 0) is 44.8 Å². The number of ether oxygens (including phenoxy) is 1. The fraction of sp³-hybridized carbons (Fsp3) is 0.600. The summed E-state index contributed by atoms with van der Waals surface area (Å²) >= 11 is 0. The van der Waals surface area contributed by atoms with Gasteiger partial charge < -0.3 is 10.1 Å². The maximum atomic E-state index is 5.46. The molecule has 0 amide bonds. The topological polar surface area (TPSA) is 21.3 Å². The molecule has 1 aromatic carbocycles. The molecule has 1 saturated heterocycles. The van der Waals surface area contributed by atoms with Gasteiger partial charge in [-0.3, -0.25) is 0 Å². The average Bonchev–Trinajstić information content (AvgIpc) is 2.30. The first-order chi connectivity index (χ1) is 8.24. The Kier molecular flexibility index (Phi) is 6.13. The molecule has 0 aromatic heterocycles. The van der Waals surface area contributed by atoms with Crippen LogP contribution in [0.25, 0.3) is 0 Å². The molecule has 0 bridgehead atoms. The Bertz CT molecular complexity index is 356. The maximum absolute atomic E-state index is 5.46. The number of piperidine rings is 1. The molecular weight excluding hydrogens is 246 g/mol. The molecule has 0 aliphatic carbocycles. The van der Waals surface area contributed by atoms with Gasteiger partial charge in [0.1, 0.15) is 0 Å². The van der Waals surface area contributed by atoms with Gasteiger partial charge in [0.15, 0.2) is 0 Å². The van der Waals surface area contributed by atoms with Crippen LogP contribution in [-0.4, -0.2) is 26.8 Å². The lowest BCUT2D eigenvalue weighted by atomic mass is 9.75. The number of aryl methyl sites for hydroxylation is 1. The first kappa shape index (κ1) is 15.5. The van der Waals surface area contributed by atoms with E-state index in [0.29, 0.717) is 5.41 Å². The second kappa shape index (κ2) is 7.13. The normalized spacial score (nSPS) is 18.1. The highest BCUT2D eigenvalue weighted by molar-refractivity contribution is 5.85. The van der Waals surface area contributed by atoms with Crippen LogP contribution in [0.15, 0.2) is 24.3 Å². The molecule has 1 fully saturated rings. The van der Waals surface area contributed by atoms with Gasteiger partial charge in [-0.25, -0.2) is 0 Å². The molecule has 2 rings (SSSR count). The van der Waals surface area contributed by atoms with E-state index in [1.54, 1.807) is 0 Å². The lowest BCUT2D eigenvalue weighted by Crippen LogP contribution is -2.41. The first-order valence-corrected chi connectivity index (χ1v) is 6.49. The summed E-state index contributed by atoms with van der Waals surface area (Å²) in [5.41, 5.74) is 3.14. The lowest BCUT2D eigenvalue weighted by molar-refractivity contribution is 0.0540. The molecule has 0 saturated carbocycles. The van der Waals surface area contributed by atoms with Crippen LogP contribution in [0.2, 0.25) is 0 Å². The number of rotatable bonds is 4. The van der Waals surface area contributed by atoms with Crippen molar-refractivity contribution < 1.29 is 4.74 Å². The SMILES string of the molecule is COCC1(Cc2cccc(C)c2)CCNCC1.Cl. The maximum Gasteiger partial charge on any atom is 0.0522 e. The Hall–Kier alpha value is -0.570. The zero-order valence-corrected chi connectivity index (χ0v) is 12.2. The number of hydrogen-bond acceptors (Lipinski definition) is 2. The van der Waals surface area contributed by atoms with Gasteiger partial charge in [-0.2, -0.15) is 0 Å². The molecule has 0 unspecified atom stereocenters. The van der Waals surface area contributed by atoms with Crippen molar-refractivity contribution in [1.29, 1.82) is 0 Å². The Morgan fingerprint density at radius 2 is 2.00 bits per heavy atom. The predicted octanol–water partition coefficient (Wildman–Crippen LogP) is 2.98. The molecule has 0 atom stereocenters. The van der Waals surface area contributed by atoms with Gasteiger partial charge in [0.2, 0.25) is 0 Å². The molecule has 3 heteroatoms. The second-order valence-electron chi connectivity index (χ2n) is 5.35. The summed E-state index contributed by atoms with van der Waals surface area (Å²) in [5, 5.41) is 3.44. The summed E-state index contributed by atoms with van der Waals surface area (Å²) in [7, 11) is 1.82. The van der Waals surface area contributed by atoms with E-state index in [4.69, 9.17) is 4.74 Å². The monoisotopic (exact) mass is 269 g/mol. The van der Waals surface area contributed by atoms with Gasteiger partial charge in [-0.15, -0.1) is 12.4 Å². The molecule has 1 N–H and O–H groups in total. The van der Waals surface area contributed by atoms with Gasteiger partial charge in [-0.1, -0.05) is 29.8 Å². The minimum absolute atomic E-state index is 0. The quantitative estimate of drug-likeness (QED) is 0.907. The second-order valence-corrected chi connectivity index (χ2v) is 5.35. The lowest BCUT2D eigenvalue weighted by Gasteiger charge is -2.37. The van der Waals surface area contributed by atoms with Crippen molar-refractivity contribution >= 4 is 12.4 Å². The minimum atomic E-state index is 0.